The monoisotopic (exact) mass is 181 g/mol. The van der Waals surface area contributed by atoms with Gasteiger partial charge in [-0.1, -0.05) is 6.42 Å². The Balaban J connectivity index is 2.29. The second-order valence-corrected chi connectivity index (χ2v) is 3.77. The summed E-state index contributed by atoms with van der Waals surface area (Å²) in [4.78, 5) is 0. The van der Waals surface area contributed by atoms with Crippen molar-refractivity contribution in [3.63, 3.8) is 0 Å². The Labute approximate surface area is 77.6 Å². The van der Waals surface area contributed by atoms with Crippen LogP contribution in [0.15, 0.2) is 0 Å². The minimum Gasteiger partial charge on any atom is -0.392 e. The summed E-state index contributed by atoms with van der Waals surface area (Å²) in [6.07, 6.45) is 2.81. The zero-order valence-electron chi connectivity index (χ0n) is 8.06. The van der Waals surface area contributed by atoms with Crippen LogP contribution in [0.3, 0.4) is 0 Å². The average Bonchev–Trinajstić information content (AvgIpc) is 2.62. The molecule has 2 unspecified atom stereocenters. The molecule has 0 aliphatic heterocycles. The largest absolute Gasteiger partial charge is 0.392 e. The molecule has 72 valence electrons. The number of rotatable bonds is 1. The molecule has 1 aliphatic rings. The second kappa shape index (κ2) is 3.10. The Bertz CT molecular complexity index is 308. The number of hydrogen-bond acceptors (Lipinski definition) is 3. The van der Waals surface area contributed by atoms with Gasteiger partial charge in [0.15, 0.2) is 0 Å². The molecule has 4 heteroatoms. The lowest BCUT2D eigenvalue weighted by Gasteiger charge is -2.12. The Morgan fingerprint density at radius 2 is 2.15 bits per heavy atom. The van der Waals surface area contributed by atoms with Crippen LogP contribution in [0.2, 0.25) is 0 Å². The Morgan fingerprint density at radius 1 is 1.38 bits per heavy atom. The molecule has 2 rings (SSSR count). The highest BCUT2D eigenvalue weighted by atomic mass is 16.3. The fourth-order valence-electron chi connectivity index (χ4n) is 1.99. The third-order valence-electron chi connectivity index (χ3n) is 2.94. The maximum Gasteiger partial charge on any atom is 0.138 e. The van der Waals surface area contributed by atoms with Gasteiger partial charge in [0.2, 0.25) is 0 Å². The third kappa shape index (κ3) is 1.35. The van der Waals surface area contributed by atoms with Gasteiger partial charge in [-0.05, 0) is 19.8 Å². The van der Waals surface area contributed by atoms with E-state index in [4.69, 9.17) is 0 Å². The first-order chi connectivity index (χ1) is 6.20. The molecule has 2 atom stereocenters. The van der Waals surface area contributed by atoms with Gasteiger partial charge in [0.05, 0.1) is 6.10 Å². The molecular weight excluding hydrogens is 166 g/mol. The van der Waals surface area contributed by atoms with Crippen molar-refractivity contribution in [2.45, 2.75) is 38.2 Å². The van der Waals surface area contributed by atoms with Crippen molar-refractivity contribution in [3.05, 3.63) is 11.6 Å². The van der Waals surface area contributed by atoms with E-state index >= 15 is 0 Å². The summed E-state index contributed by atoms with van der Waals surface area (Å²) in [6, 6.07) is 0. The van der Waals surface area contributed by atoms with E-state index in [0.717, 1.165) is 30.9 Å². The Hall–Kier alpha value is -0.900. The molecule has 0 bridgehead atoms. The van der Waals surface area contributed by atoms with Crippen LogP contribution < -0.4 is 0 Å². The quantitative estimate of drug-likeness (QED) is 0.695. The van der Waals surface area contributed by atoms with Crippen LogP contribution in [0.5, 0.6) is 0 Å². The van der Waals surface area contributed by atoms with E-state index in [0.29, 0.717) is 0 Å². The van der Waals surface area contributed by atoms with E-state index in [9.17, 15) is 5.11 Å². The maximum atomic E-state index is 9.69. The van der Waals surface area contributed by atoms with Crippen molar-refractivity contribution in [1.82, 2.24) is 14.8 Å². The van der Waals surface area contributed by atoms with Crippen molar-refractivity contribution in [3.8, 4) is 0 Å². The number of aliphatic hydroxyl groups excluding tert-OH is 1. The molecule has 4 nitrogen and oxygen atoms in total. The van der Waals surface area contributed by atoms with Crippen molar-refractivity contribution in [2.24, 2.45) is 7.05 Å². The number of hydrogen-bond donors (Lipinski definition) is 1. The molecular formula is C9H15N3O. The van der Waals surface area contributed by atoms with Crippen LogP contribution in [-0.2, 0) is 7.05 Å². The van der Waals surface area contributed by atoms with Crippen molar-refractivity contribution in [2.75, 3.05) is 0 Å². The van der Waals surface area contributed by atoms with E-state index in [1.54, 1.807) is 0 Å². The molecule has 1 aliphatic carbocycles. The number of nitrogens with zero attached hydrogens (tertiary/aromatic N) is 3. The van der Waals surface area contributed by atoms with Crippen molar-refractivity contribution >= 4 is 0 Å². The SMILES string of the molecule is Cc1nnc(C2CCCC2O)n1C. The Kier molecular flexibility index (Phi) is 2.07. The zero-order valence-corrected chi connectivity index (χ0v) is 8.06. The molecule has 0 saturated heterocycles. The molecule has 0 amide bonds. The fourth-order valence-corrected chi connectivity index (χ4v) is 1.99. The molecule has 1 aromatic rings. The lowest BCUT2D eigenvalue weighted by Crippen LogP contribution is -2.15. The highest BCUT2D eigenvalue weighted by molar-refractivity contribution is 5.05. The molecule has 1 fully saturated rings. The average molecular weight is 181 g/mol. The minimum atomic E-state index is -0.220. The van der Waals surface area contributed by atoms with E-state index in [2.05, 4.69) is 10.2 Å². The first kappa shape index (κ1) is 8.69. The molecule has 1 aromatic heterocycles. The molecule has 0 spiro atoms. The van der Waals surface area contributed by atoms with Crippen LogP contribution in [-0.4, -0.2) is 26.0 Å². The van der Waals surface area contributed by atoms with Crippen LogP contribution in [0.1, 0.15) is 36.8 Å². The van der Waals surface area contributed by atoms with Gasteiger partial charge >= 0.3 is 0 Å². The summed E-state index contributed by atoms with van der Waals surface area (Å²) in [7, 11) is 1.95. The molecule has 0 radical (unpaired) electrons. The van der Waals surface area contributed by atoms with E-state index in [-0.39, 0.29) is 12.0 Å². The second-order valence-electron chi connectivity index (χ2n) is 3.77. The predicted octanol–water partition coefficient (Wildman–Crippen LogP) is 0.752. The van der Waals surface area contributed by atoms with Crippen molar-refractivity contribution in [1.29, 1.82) is 0 Å². The van der Waals surface area contributed by atoms with Gasteiger partial charge in [-0.2, -0.15) is 0 Å². The predicted molar refractivity (Wildman–Crippen MR) is 48.3 cm³/mol. The van der Waals surface area contributed by atoms with Crippen molar-refractivity contribution < 1.29 is 5.11 Å². The fraction of sp³-hybridized carbons (Fsp3) is 0.778. The number of aromatic nitrogens is 3. The maximum absolute atomic E-state index is 9.69. The lowest BCUT2D eigenvalue weighted by atomic mass is 10.1. The molecule has 0 aromatic carbocycles. The summed E-state index contributed by atoms with van der Waals surface area (Å²) in [5.41, 5.74) is 0. The van der Waals surface area contributed by atoms with Crippen LogP contribution >= 0.6 is 0 Å². The lowest BCUT2D eigenvalue weighted by molar-refractivity contribution is 0.159. The summed E-state index contributed by atoms with van der Waals surface area (Å²) < 4.78 is 1.97. The van der Waals surface area contributed by atoms with Gasteiger partial charge in [-0.15, -0.1) is 10.2 Å². The number of aliphatic hydroxyl groups is 1. The highest BCUT2D eigenvalue weighted by Gasteiger charge is 2.30. The Morgan fingerprint density at radius 3 is 2.62 bits per heavy atom. The normalized spacial score (nSPS) is 28.2. The van der Waals surface area contributed by atoms with Crippen LogP contribution in [0, 0.1) is 6.92 Å². The first-order valence-electron chi connectivity index (χ1n) is 4.74. The smallest absolute Gasteiger partial charge is 0.138 e. The van der Waals surface area contributed by atoms with Gasteiger partial charge in [-0.3, -0.25) is 0 Å². The summed E-state index contributed by atoms with van der Waals surface area (Å²) in [5, 5.41) is 17.8. The minimum absolute atomic E-state index is 0.200. The van der Waals surface area contributed by atoms with E-state index in [1.807, 2.05) is 18.5 Å². The van der Waals surface area contributed by atoms with Crippen LogP contribution in [0.4, 0.5) is 0 Å². The summed E-state index contributed by atoms with van der Waals surface area (Å²) >= 11 is 0. The van der Waals surface area contributed by atoms with Gasteiger partial charge < -0.3 is 9.67 Å². The van der Waals surface area contributed by atoms with Gasteiger partial charge in [0.25, 0.3) is 0 Å². The van der Waals surface area contributed by atoms with E-state index < -0.39 is 0 Å². The molecule has 13 heavy (non-hydrogen) atoms. The molecule has 1 heterocycles. The van der Waals surface area contributed by atoms with Gasteiger partial charge in [0, 0.05) is 13.0 Å². The highest BCUT2D eigenvalue weighted by Crippen LogP contribution is 2.33. The molecule has 1 N–H and O–H groups in total. The van der Waals surface area contributed by atoms with Crippen LogP contribution in [0.25, 0.3) is 0 Å². The summed E-state index contributed by atoms with van der Waals surface area (Å²) in [6.45, 7) is 1.93. The topological polar surface area (TPSA) is 50.9 Å². The third-order valence-corrected chi connectivity index (χ3v) is 2.94. The number of aryl methyl sites for hydroxylation is 1. The summed E-state index contributed by atoms with van der Waals surface area (Å²) in [5.74, 6) is 2.04. The zero-order chi connectivity index (χ0) is 9.42. The standard InChI is InChI=1S/C9H15N3O/c1-6-10-11-9(12(6)2)7-4-3-5-8(7)13/h7-8,13H,3-5H2,1-2H3. The molecule has 1 saturated carbocycles. The first-order valence-corrected chi connectivity index (χ1v) is 4.74. The van der Waals surface area contributed by atoms with Gasteiger partial charge in [0.1, 0.15) is 11.6 Å². The van der Waals surface area contributed by atoms with Gasteiger partial charge in [-0.25, -0.2) is 0 Å². The van der Waals surface area contributed by atoms with E-state index in [1.165, 1.54) is 0 Å².